The number of hydrogen-bond acceptors (Lipinski definition) is 3. The number of hydrogen-bond donors (Lipinski definition) is 3. The molecule has 22 heavy (non-hydrogen) atoms. The molecule has 1 unspecified atom stereocenters. The molecule has 1 aromatic heterocycles. The molecule has 2 amide bonds. The van der Waals surface area contributed by atoms with E-state index >= 15 is 0 Å². The number of carbonyl (C=O) groups excluding carboxylic acids is 1. The Kier molecular flexibility index (Phi) is 3.93. The van der Waals surface area contributed by atoms with E-state index in [1.807, 2.05) is 19.9 Å². The van der Waals surface area contributed by atoms with Crippen molar-refractivity contribution in [2.45, 2.75) is 58.1 Å². The Morgan fingerprint density at radius 3 is 2.41 bits per heavy atom. The number of amides is 2. The second kappa shape index (κ2) is 5.61. The molecular formula is C17H26N2O3. The van der Waals surface area contributed by atoms with Gasteiger partial charge in [0.2, 0.25) is 0 Å². The lowest BCUT2D eigenvalue weighted by Gasteiger charge is -2.25. The van der Waals surface area contributed by atoms with Gasteiger partial charge < -0.3 is 20.2 Å². The van der Waals surface area contributed by atoms with Crippen molar-refractivity contribution in [3.8, 4) is 0 Å². The maximum Gasteiger partial charge on any atom is 0.315 e. The van der Waals surface area contributed by atoms with Crippen LogP contribution >= 0.6 is 0 Å². The molecule has 0 spiro atoms. The molecule has 0 aliphatic heterocycles. The van der Waals surface area contributed by atoms with E-state index in [1.54, 1.807) is 6.92 Å². The Hall–Kier alpha value is -1.49. The van der Waals surface area contributed by atoms with Crippen molar-refractivity contribution >= 4 is 6.03 Å². The van der Waals surface area contributed by atoms with Crippen molar-refractivity contribution in [3.05, 3.63) is 23.2 Å². The number of nitrogens with one attached hydrogen (secondary N) is 2. The van der Waals surface area contributed by atoms with Crippen LogP contribution in [0.3, 0.4) is 0 Å². The Labute approximate surface area is 131 Å². The number of carbonyl (C=O) groups is 1. The van der Waals surface area contributed by atoms with Gasteiger partial charge in [0.05, 0.1) is 6.54 Å². The zero-order chi connectivity index (χ0) is 15.9. The molecule has 0 aromatic carbocycles. The Morgan fingerprint density at radius 1 is 1.36 bits per heavy atom. The molecule has 3 N–H and O–H groups in total. The van der Waals surface area contributed by atoms with Crippen LogP contribution in [0.2, 0.25) is 0 Å². The smallest absolute Gasteiger partial charge is 0.315 e. The van der Waals surface area contributed by atoms with E-state index in [0.717, 1.165) is 11.3 Å². The third-order valence-electron chi connectivity index (χ3n) is 4.77. The summed E-state index contributed by atoms with van der Waals surface area (Å²) in [5, 5.41) is 16.5. The van der Waals surface area contributed by atoms with E-state index in [9.17, 15) is 9.90 Å². The highest BCUT2D eigenvalue weighted by molar-refractivity contribution is 5.74. The van der Waals surface area contributed by atoms with Gasteiger partial charge in [-0.05, 0) is 64.4 Å². The van der Waals surface area contributed by atoms with Gasteiger partial charge in [0.1, 0.15) is 17.1 Å². The number of aryl methyl sites for hydroxylation is 2. The maximum absolute atomic E-state index is 12.1. The highest BCUT2D eigenvalue weighted by atomic mass is 16.3. The Bertz CT molecular complexity index is 544. The van der Waals surface area contributed by atoms with Crippen LogP contribution in [0.1, 0.15) is 49.7 Å². The van der Waals surface area contributed by atoms with Gasteiger partial charge in [-0.3, -0.25) is 0 Å². The van der Waals surface area contributed by atoms with E-state index in [2.05, 4.69) is 10.6 Å². The van der Waals surface area contributed by atoms with Crippen molar-refractivity contribution in [1.82, 2.24) is 10.6 Å². The first-order valence-electron chi connectivity index (χ1n) is 8.21. The molecule has 5 heteroatoms. The molecule has 2 aliphatic carbocycles. The van der Waals surface area contributed by atoms with Crippen LogP contribution in [0.25, 0.3) is 0 Å². The van der Waals surface area contributed by atoms with Crippen LogP contribution in [0.5, 0.6) is 0 Å². The molecule has 1 atom stereocenters. The first-order valence-corrected chi connectivity index (χ1v) is 8.21. The molecule has 2 aliphatic rings. The number of aliphatic hydroxyl groups is 1. The lowest BCUT2D eigenvalue weighted by Crippen LogP contribution is -2.48. The summed E-state index contributed by atoms with van der Waals surface area (Å²) >= 11 is 0. The first-order chi connectivity index (χ1) is 10.4. The zero-order valence-corrected chi connectivity index (χ0v) is 13.6. The lowest BCUT2D eigenvalue weighted by molar-refractivity contribution is 0.0577. The average Bonchev–Trinajstić information content (AvgIpc) is 3.33. The van der Waals surface area contributed by atoms with Crippen molar-refractivity contribution in [2.75, 3.05) is 6.54 Å². The maximum atomic E-state index is 12.1. The monoisotopic (exact) mass is 306 g/mol. The first kappa shape index (κ1) is 15.4. The fourth-order valence-electron chi connectivity index (χ4n) is 3.25. The molecule has 1 aromatic rings. The minimum absolute atomic E-state index is 0.167. The van der Waals surface area contributed by atoms with Gasteiger partial charge in [-0.15, -0.1) is 0 Å². The lowest BCUT2D eigenvalue weighted by atomic mass is 9.96. The van der Waals surface area contributed by atoms with Crippen LogP contribution in [0.4, 0.5) is 4.79 Å². The van der Waals surface area contributed by atoms with E-state index in [4.69, 9.17) is 4.42 Å². The molecule has 5 nitrogen and oxygen atoms in total. The van der Waals surface area contributed by atoms with Crippen LogP contribution in [0.15, 0.2) is 10.5 Å². The van der Waals surface area contributed by atoms with Crippen LogP contribution < -0.4 is 10.6 Å². The molecular weight excluding hydrogens is 280 g/mol. The largest absolute Gasteiger partial charge is 0.466 e. The minimum Gasteiger partial charge on any atom is -0.466 e. The predicted octanol–water partition coefficient (Wildman–Crippen LogP) is 2.59. The van der Waals surface area contributed by atoms with Crippen molar-refractivity contribution in [3.63, 3.8) is 0 Å². The molecule has 1 heterocycles. The van der Waals surface area contributed by atoms with E-state index in [1.165, 1.54) is 25.7 Å². The van der Waals surface area contributed by atoms with Gasteiger partial charge in [0, 0.05) is 11.6 Å². The molecule has 3 rings (SSSR count). The Balaban J connectivity index is 1.54. The van der Waals surface area contributed by atoms with Crippen molar-refractivity contribution in [2.24, 2.45) is 11.8 Å². The normalized spacial score (nSPS) is 20.8. The van der Waals surface area contributed by atoms with Gasteiger partial charge in [-0.25, -0.2) is 4.79 Å². The van der Waals surface area contributed by atoms with Gasteiger partial charge in [-0.2, -0.15) is 0 Å². The van der Waals surface area contributed by atoms with Gasteiger partial charge in [0.25, 0.3) is 0 Å². The summed E-state index contributed by atoms with van der Waals surface area (Å²) in [6, 6.07) is 1.97. The van der Waals surface area contributed by atoms with E-state index in [-0.39, 0.29) is 12.6 Å². The summed E-state index contributed by atoms with van der Waals surface area (Å²) in [6.07, 6.45) is 4.92. The molecule has 0 saturated heterocycles. The van der Waals surface area contributed by atoms with Crippen molar-refractivity contribution in [1.29, 1.82) is 0 Å². The number of urea groups is 1. The van der Waals surface area contributed by atoms with Crippen LogP contribution in [-0.4, -0.2) is 23.7 Å². The third kappa shape index (κ3) is 3.46. The third-order valence-corrected chi connectivity index (χ3v) is 4.77. The second-order valence-electron chi connectivity index (χ2n) is 7.13. The van der Waals surface area contributed by atoms with Gasteiger partial charge >= 0.3 is 6.03 Å². The highest BCUT2D eigenvalue weighted by Crippen LogP contribution is 2.44. The quantitative estimate of drug-likeness (QED) is 0.756. The standard InChI is InChI=1S/C17H26N2O3/c1-10-8-14(11(2)22-10)17(3,21)9-18-16(20)19-15(12-4-5-12)13-6-7-13/h8,12-13,15,21H,4-7,9H2,1-3H3,(H2,18,19,20). The number of rotatable bonds is 6. The van der Waals surface area contributed by atoms with Gasteiger partial charge in [0.15, 0.2) is 0 Å². The SMILES string of the molecule is Cc1cc(C(C)(O)CNC(=O)NC(C2CC2)C2CC2)c(C)o1. The highest BCUT2D eigenvalue weighted by Gasteiger charge is 2.42. The molecule has 0 bridgehead atoms. The fraction of sp³-hybridized carbons (Fsp3) is 0.706. The summed E-state index contributed by atoms with van der Waals surface area (Å²) in [6.45, 7) is 5.54. The molecule has 0 radical (unpaired) electrons. The summed E-state index contributed by atoms with van der Waals surface area (Å²) in [4.78, 5) is 12.1. The summed E-state index contributed by atoms with van der Waals surface area (Å²) < 4.78 is 5.46. The predicted molar refractivity (Wildman–Crippen MR) is 83.5 cm³/mol. The molecule has 2 saturated carbocycles. The second-order valence-corrected chi connectivity index (χ2v) is 7.13. The Morgan fingerprint density at radius 2 is 1.95 bits per heavy atom. The van der Waals surface area contributed by atoms with E-state index in [0.29, 0.717) is 23.6 Å². The van der Waals surface area contributed by atoms with Gasteiger partial charge in [-0.1, -0.05) is 0 Å². The zero-order valence-electron chi connectivity index (χ0n) is 13.6. The van der Waals surface area contributed by atoms with Crippen LogP contribution in [0, 0.1) is 25.7 Å². The summed E-state index contributed by atoms with van der Waals surface area (Å²) in [5.41, 5.74) is -0.403. The molecule has 2 fully saturated rings. The fourth-order valence-corrected chi connectivity index (χ4v) is 3.25. The summed E-state index contributed by atoms with van der Waals surface area (Å²) in [5.74, 6) is 2.79. The van der Waals surface area contributed by atoms with E-state index < -0.39 is 5.60 Å². The van der Waals surface area contributed by atoms with Crippen LogP contribution in [-0.2, 0) is 5.60 Å². The topological polar surface area (TPSA) is 74.5 Å². The minimum atomic E-state index is -1.13. The molecule has 122 valence electrons. The van der Waals surface area contributed by atoms with Crippen molar-refractivity contribution < 1.29 is 14.3 Å². The number of furan rings is 1. The average molecular weight is 306 g/mol. The summed E-state index contributed by atoms with van der Waals surface area (Å²) in [7, 11) is 0.